The lowest BCUT2D eigenvalue weighted by molar-refractivity contribution is 0.199. The van der Waals surface area contributed by atoms with Crippen LogP contribution in [0.1, 0.15) is 17.3 Å². The molecule has 0 amide bonds. The van der Waals surface area contributed by atoms with Gasteiger partial charge in [-0.05, 0) is 17.7 Å². The summed E-state index contributed by atoms with van der Waals surface area (Å²) in [6, 6.07) is 8.48. The number of rotatable bonds is 8. The van der Waals surface area contributed by atoms with Crippen molar-refractivity contribution in [1.29, 1.82) is 0 Å². The SMILES string of the molecule is COCCNCc1ccc(SCc2nnc(C)o2)cc1. The second-order valence-electron chi connectivity index (χ2n) is 4.32. The fourth-order valence-corrected chi connectivity index (χ4v) is 2.39. The van der Waals surface area contributed by atoms with Gasteiger partial charge in [0.1, 0.15) is 0 Å². The molecule has 0 saturated carbocycles. The van der Waals surface area contributed by atoms with E-state index in [0.717, 1.165) is 19.7 Å². The molecule has 0 spiro atoms. The molecule has 0 atom stereocenters. The van der Waals surface area contributed by atoms with Crippen LogP contribution in [-0.4, -0.2) is 30.5 Å². The average molecular weight is 293 g/mol. The maximum Gasteiger partial charge on any atom is 0.226 e. The molecule has 0 bridgehead atoms. The molecule has 2 aromatic rings. The van der Waals surface area contributed by atoms with Crippen molar-refractivity contribution in [2.24, 2.45) is 0 Å². The number of methoxy groups -OCH3 is 1. The van der Waals surface area contributed by atoms with E-state index in [1.807, 2.05) is 0 Å². The maximum absolute atomic E-state index is 5.34. The van der Waals surface area contributed by atoms with Crippen LogP contribution >= 0.6 is 11.8 Å². The van der Waals surface area contributed by atoms with Crippen molar-refractivity contribution >= 4 is 11.8 Å². The van der Waals surface area contributed by atoms with E-state index < -0.39 is 0 Å². The van der Waals surface area contributed by atoms with Crippen LogP contribution in [-0.2, 0) is 17.0 Å². The normalized spacial score (nSPS) is 10.9. The Morgan fingerprint density at radius 2 is 2.05 bits per heavy atom. The summed E-state index contributed by atoms with van der Waals surface area (Å²) in [5, 5.41) is 11.1. The average Bonchev–Trinajstić information content (AvgIpc) is 2.88. The Bertz CT molecular complexity index is 513. The van der Waals surface area contributed by atoms with Crippen LogP contribution in [0.4, 0.5) is 0 Å². The van der Waals surface area contributed by atoms with Crippen LogP contribution in [0, 0.1) is 6.92 Å². The van der Waals surface area contributed by atoms with Gasteiger partial charge in [-0.3, -0.25) is 0 Å². The molecule has 1 heterocycles. The van der Waals surface area contributed by atoms with Crippen molar-refractivity contribution in [3.8, 4) is 0 Å². The molecule has 108 valence electrons. The number of hydrogen-bond donors (Lipinski definition) is 1. The first-order valence-electron chi connectivity index (χ1n) is 6.48. The number of hydrogen-bond acceptors (Lipinski definition) is 6. The zero-order chi connectivity index (χ0) is 14.2. The Balaban J connectivity index is 1.76. The first-order chi connectivity index (χ1) is 9.78. The van der Waals surface area contributed by atoms with Crippen LogP contribution in [0.15, 0.2) is 33.6 Å². The quantitative estimate of drug-likeness (QED) is 0.596. The van der Waals surface area contributed by atoms with Crippen molar-refractivity contribution in [3.63, 3.8) is 0 Å². The highest BCUT2D eigenvalue weighted by atomic mass is 32.2. The van der Waals surface area contributed by atoms with Gasteiger partial charge in [-0.1, -0.05) is 12.1 Å². The smallest absolute Gasteiger partial charge is 0.226 e. The van der Waals surface area contributed by atoms with Gasteiger partial charge >= 0.3 is 0 Å². The topological polar surface area (TPSA) is 60.2 Å². The van der Waals surface area contributed by atoms with Crippen molar-refractivity contribution in [3.05, 3.63) is 41.6 Å². The molecule has 5 nitrogen and oxygen atoms in total. The van der Waals surface area contributed by atoms with Gasteiger partial charge < -0.3 is 14.5 Å². The molecule has 0 aliphatic carbocycles. The lowest BCUT2D eigenvalue weighted by atomic mass is 10.2. The second kappa shape index (κ2) is 8.04. The molecule has 1 N–H and O–H groups in total. The zero-order valence-electron chi connectivity index (χ0n) is 11.8. The van der Waals surface area contributed by atoms with Gasteiger partial charge in [0.25, 0.3) is 0 Å². The van der Waals surface area contributed by atoms with E-state index in [1.54, 1.807) is 25.8 Å². The highest BCUT2D eigenvalue weighted by Gasteiger charge is 2.03. The highest BCUT2D eigenvalue weighted by molar-refractivity contribution is 7.98. The highest BCUT2D eigenvalue weighted by Crippen LogP contribution is 2.22. The minimum Gasteiger partial charge on any atom is -0.425 e. The van der Waals surface area contributed by atoms with E-state index in [-0.39, 0.29) is 0 Å². The minimum atomic E-state index is 0.609. The Morgan fingerprint density at radius 1 is 1.25 bits per heavy atom. The number of aryl methyl sites for hydroxylation is 1. The summed E-state index contributed by atoms with van der Waals surface area (Å²) in [7, 11) is 1.71. The van der Waals surface area contributed by atoms with E-state index in [9.17, 15) is 0 Å². The summed E-state index contributed by atoms with van der Waals surface area (Å²) < 4.78 is 10.3. The number of nitrogens with one attached hydrogen (secondary N) is 1. The number of aromatic nitrogens is 2. The van der Waals surface area contributed by atoms with Crippen LogP contribution < -0.4 is 5.32 Å². The van der Waals surface area contributed by atoms with Crippen LogP contribution in [0.2, 0.25) is 0 Å². The van der Waals surface area contributed by atoms with Gasteiger partial charge in [-0.15, -0.1) is 22.0 Å². The zero-order valence-corrected chi connectivity index (χ0v) is 12.6. The lowest BCUT2D eigenvalue weighted by Crippen LogP contribution is -2.18. The largest absolute Gasteiger partial charge is 0.425 e. The maximum atomic E-state index is 5.34. The number of ether oxygens (including phenoxy) is 1. The first kappa shape index (κ1) is 15.0. The molecule has 0 fully saturated rings. The minimum absolute atomic E-state index is 0.609. The summed E-state index contributed by atoms with van der Waals surface area (Å²) in [6.07, 6.45) is 0. The van der Waals surface area contributed by atoms with Gasteiger partial charge in [-0.25, -0.2) is 0 Å². The lowest BCUT2D eigenvalue weighted by Gasteiger charge is -2.05. The van der Waals surface area contributed by atoms with Gasteiger partial charge in [0.15, 0.2) is 0 Å². The van der Waals surface area contributed by atoms with Crippen LogP contribution in [0.5, 0.6) is 0 Å². The van der Waals surface area contributed by atoms with E-state index in [1.165, 1.54) is 10.5 Å². The van der Waals surface area contributed by atoms with E-state index >= 15 is 0 Å². The molecule has 0 aliphatic heterocycles. The molecule has 0 saturated heterocycles. The molecule has 0 aliphatic rings. The molecule has 2 rings (SSSR count). The van der Waals surface area contributed by atoms with Crippen LogP contribution in [0.3, 0.4) is 0 Å². The summed E-state index contributed by atoms with van der Waals surface area (Å²) in [6.45, 7) is 4.25. The number of benzene rings is 1. The first-order valence-corrected chi connectivity index (χ1v) is 7.47. The van der Waals surface area contributed by atoms with Crippen molar-refractivity contribution in [1.82, 2.24) is 15.5 Å². The third-order valence-corrected chi connectivity index (χ3v) is 3.66. The van der Waals surface area contributed by atoms with E-state index in [4.69, 9.17) is 9.15 Å². The molecular formula is C14H19N3O2S. The predicted octanol–water partition coefficient (Wildman–Crippen LogP) is 2.41. The summed E-state index contributed by atoms with van der Waals surface area (Å²) in [4.78, 5) is 1.20. The fraction of sp³-hybridized carbons (Fsp3) is 0.429. The second-order valence-corrected chi connectivity index (χ2v) is 5.37. The van der Waals surface area contributed by atoms with Gasteiger partial charge in [-0.2, -0.15) is 0 Å². The fourth-order valence-electron chi connectivity index (χ4n) is 1.65. The standard InChI is InChI=1S/C14H19N3O2S/c1-11-16-17-14(19-11)10-20-13-5-3-12(4-6-13)9-15-7-8-18-2/h3-6,15H,7-10H2,1-2H3. The molecule has 1 aromatic heterocycles. The molecule has 20 heavy (non-hydrogen) atoms. The van der Waals surface area contributed by atoms with Crippen molar-refractivity contribution < 1.29 is 9.15 Å². The Morgan fingerprint density at radius 3 is 2.70 bits per heavy atom. The number of nitrogens with zero attached hydrogens (tertiary/aromatic N) is 2. The number of thioether (sulfide) groups is 1. The Labute approximate surface area is 123 Å². The molecule has 0 unspecified atom stereocenters. The Hall–Kier alpha value is -1.37. The Kier molecular flexibility index (Phi) is 6.04. The van der Waals surface area contributed by atoms with Crippen molar-refractivity contribution in [2.45, 2.75) is 24.1 Å². The predicted molar refractivity (Wildman–Crippen MR) is 78.6 cm³/mol. The third kappa shape index (κ3) is 4.96. The molecule has 1 aromatic carbocycles. The van der Waals surface area contributed by atoms with Gasteiger partial charge in [0.2, 0.25) is 11.8 Å². The summed E-state index contributed by atoms with van der Waals surface area (Å²) >= 11 is 1.69. The van der Waals surface area contributed by atoms with E-state index in [2.05, 4.69) is 39.8 Å². The molecule has 0 radical (unpaired) electrons. The summed E-state index contributed by atoms with van der Waals surface area (Å²) in [5.74, 6) is 1.97. The monoisotopic (exact) mass is 293 g/mol. The van der Waals surface area contributed by atoms with Gasteiger partial charge in [0.05, 0.1) is 12.4 Å². The van der Waals surface area contributed by atoms with Crippen molar-refractivity contribution in [2.75, 3.05) is 20.3 Å². The van der Waals surface area contributed by atoms with E-state index in [0.29, 0.717) is 17.5 Å². The van der Waals surface area contributed by atoms with Crippen LogP contribution in [0.25, 0.3) is 0 Å². The molecular weight excluding hydrogens is 274 g/mol. The molecule has 6 heteroatoms. The summed E-state index contributed by atoms with van der Waals surface area (Å²) in [5.41, 5.74) is 1.26. The van der Waals surface area contributed by atoms with Gasteiger partial charge in [0, 0.05) is 32.0 Å². The third-order valence-electron chi connectivity index (χ3n) is 2.67.